The monoisotopic (exact) mass is 593 g/mol. The van der Waals surface area contributed by atoms with Crippen LogP contribution >= 0.6 is 0 Å². The summed E-state index contributed by atoms with van der Waals surface area (Å²) in [7, 11) is 3.53. The fourth-order valence-electron chi connectivity index (χ4n) is 6.18. The number of likely N-dealkylation sites (N-methyl/N-ethyl adjacent to an activating group) is 1. The summed E-state index contributed by atoms with van der Waals surface area (Å²) in [6, 6.07) is 20.7. The number of carboxylic acids is 1. The number of hydrogen-bond donors (Lipinski definition) is 1. The number of rotatable bonds is 13. The van der Waals surface area contributed by atoms with E-state index in [9.17, 15) is 14.7 Å². The normalized spacial score (nSPS) is 13.8. The topological polar surface area (TPSA) is 66.8 Å². The first-order valence-corrected chi connectivity index (χ1v) is 16.0. The van der Waals surface area contributed by atoms with Gasteiger partial charge in [0.05, 0.1) is 12.2 Å². The summed E-state index contributed by atoms with van der Waals surface area (Å²) in [5, 5.41) is 9.65. The van der Waals surface area contributed by atoms with E-state index >= 15 is 0 Å². The molecule has 3 aromatic rings. The minimum absolute atomic E-state index is 0.0242. The van der Waals surface area contributed by atoms with Gasteiger partial charge in [-0.05, 0) is 134 Å². The van der Waals surface area contributed by atoms with Gasteiger partial charge in [0, 0.05) is 14.1 Å². The molecule has 1 aliphatic rings. The minimum atomic E-state index is -0.893. The van der Waals surface area contributed by atoms with Gasteiger partial charge in [-0.1, -0.05) is 61.4 Å². The molecule has 0 saturated heterocycles. The second-order valence-corrected chi connectivity index (χ2v) is 12.3. The summed E-state index contributed by atoms with van der Waals surface area (Å²) in [4.78, 5) is 25.1. The summed E-state index contributed by atoms with van der Waals surface area (Å²) in [5.41, 5.74) is 9.88. The average molecular weight is 594 g/mol. The Morgan fingerprint density at radius 2 is 1.70 bits per heavy atom. The molecule has 0 saturated carbocycles. The van der Waals surface area contributed by atoms with E-state index in [-0.39, 0.29) is 5.91 Å². The number of carbonyl (C=O) groups is 2. The van der Waals surface area contributed by atoms with Gasteiger partial charge in [0.15, 0.2) is 0 Å². The molecule has 5 heteroatoms. The van der Waals surface area contributed by atoms with E-state index in [1.54, 1.807) is 31.1 Å². The second-order valence-electron chi connectivity index (χ2n) is 12.3. The van der Waals surface area contributed by atoms with Crippen LogP contribution in [0.4, 0.5) is 0 Å². The largest absolute Gasteiger partial charge is 0.493 e. The van der Waals surface area contributed by atoms with Gasteiger partial charge in [-0.2, -0.15) is 0 Å². The van der Waals surface area contributed by atoms with Crippen molar-refractivity contribution in [1.82, 2.24) is 4.90 Å². The first-order valence-electron chi connectivity index (χ1n) is 16.0. The van der Waals surface area contributed by atoms with Crippen LogP contribution in [0.2, 0.25) is 0 Å². The zero-order valence-electron chi connectivity index (χ0n) is 27.0. The third-order valence-electron chi connectivity index (χ3n) is 8.51. The first kappa shape index (κ1) is 32.8. The number of fused-ring (bicyclic) bond motifs is 1. The van der Waals surface area contributed by atoms with Crippen molar-refractivity contribution in [3.8, 4) is 5.75 Å². The van der Waals surface area contributed by atoms with E-state index in [1.807, 2.05) is 18.2 Å². The molecule has 0 fully saturated rings. The Balaban J connectivity index is 1.57. The van der Waals surface area contributed by atoms with Crippen LogP contribution in [-0.2, 0) is 11.2 Å². The Morgan fingerprint density at radius 1 is 0.955 bits per heavy atom. The fourth-order valence-corrected chi connectivity index (χ4v) is 6.18. The number of aromatic carboxylic acids is 1. The second kappa shape index (κ2) is 15.6. The first-order chi connectivity index (χ1) is 21.2. The van der Waals surface area contributed by atoms with Crippen LogP contribution in [0.25, 0.3) is 11.1 Å². The van der Waals surface area contributed by atoms with Gasteiger partial charge < -0.3 is 14.7 Å². The molecule has 1 N–H and O–H groups in total. The highest BCUT2D eigenvalue weighted by Gasteiger charge is 2.22. The SMILES string of the molecule is CCC[C@@H](CCC/C=C/C(=O)N(C)C)COc1ccc(C2=C(c3ccc(C)cc3C)CCCc3cc(C(=O)O)ccc32)cc1. The zero-order chi connectivity index (χ0) is 31.6. The van der Waals surface area contributed by atoms with Crippen LogP contribution in [0.15, 0.2) is 72.8 Å². The lowest BCUT2D eigenvalue weighted by atomic mass is 9.86. The van der Waals surface area contributed by atoms with Gasteiger partial charge in [-0.15, -0.1) is 0 Å². The Morgan fingerprint density at radius 3 is 2.39 bits per heavy atom. The van der Waals surface area contributed by atoms with Gasteiger partial charge in [0.2, 0.25) is 5.91 Å². The Labute approximate surface area is 263 Å². The molecule has 0 bridgehead atoms. The number of carbonyl (C=O) groups excluding carboxylic acids is 1. The van der Waals surface area contributed by atoms with Crippen molar-refractivity contribution in [2.24, 2.45) is 5.92 Å². The molecule has 0 unspecified atom stereocenters. The zero-order valence-corrected chi connectivity index (χ0v) is 27.0. The van der Waals surface area contributed by atoms with Crippen LogP contribution in [0.3, 0.4) is 0 Å². The van der Waals surface area contributed by atoms with E-state index in [4.69, 9.17) is 4.74 Å². The molecule has 4 rings (SSSR count). The molecule has 44 heavy (non-hydrogen) atoms. The highest BCUT2D eigenvalue weighted by molar-refractivity contribution is 6.01. The van der Waals surface area contributed by atoms with Gasteiger partial charge >= 0.3 is 5.97 Å². The lowest BCUT2D eigenvalue weighted by Gasteiger charge is -2.20. The molecule has 1 aliphatic carbocycles. The van der Waals surface area contributed by atoms with Crippen molar-refractivity contribution in [3.05, 3.63) is 112 Å². The molecule has 0 heterocycles. The third-order valence-corrected chi connectivity index (χ3v) is 8.51. The average Bonchev–Trinajstić information content (AvgIpc) is 3.18. The summed E-state index contributed by atoms with van der Waals surface area (Å²) < 4.78 is 6.31. The van der Waals surface area contributed by atoms with E-state index in [2.05, 4.69) is 63.2 Å². The predicted molar refractivity (Wildman–Crippen MR) is 180 cm³/mol. The molecule has 3 aromatic carbocycles. The Hall–Kier alpha value is -4.12. The van der Waals surface area contributed by atoms with Gasteiger partial charge in [-0.3, -0.25) is 4.79 Å². The van der Waals surface area contributed by atoms with E-state index in [0.717, 1.165) is 73.8 Å². The number of amides is 1. The highest BCUT2D eigenvalue weighted by Crippen LogP contribution is 2.41. The predicted octanol–water partition coefficient (Wildman–Crippen LogP) is 8.91. The molecule has 1 amide bonds. The lowest BCUT2D eigenvalue weighted by Crippen LogP contribution is -2.18. The van der Waals surface area contributed by atoms with Crippen molar-refractivity contribution < 1.29 is 19.4 Å². The van der Waals surface area contributed by atoms with E-state index in [0.29, 0.717) is 18.1 Å². The number of hydrogen-bond acceptors (Lipinski definition) is 3. The van der Waals surface area contributed by atoms with Crippen LogP contribution < -0.4 is 4.74 Å². The number of benzene rings is 3. The summed E-state index contributed by atoms with van der Waals surface area (Å²) in [5.74, 6) is 0.454. The molecule has 0 spiro atoms. The molecule has 0 aliphatic heterocycles. The fraction of sp³-hybridized carbons (Fsp3) is 0.385. The van der Waals surface area contributed by atoms with E-state index in [1.165, 1.54) is 27.8 Å². The van der Waals surface area contributed by atoms with Gasteiger partial charge in [0.25, 0.3) is 0 Å². The van der Waals surface area contributed by atoms with Gasteiger partial charge in [-0.25, -0.2) is 4.79 Å². The van der Waals surface area contributed by atoms with Gasteiger partial charge in [0.1, 0.15) is 5.75 Å². The maximum absolute atomic E-state index is 11.8. The Kier molecular flexibility index (Phi) is 11.6. The molecule has 0 radical (unpaired) electrons. The molecule has 232 valence electrons. The van der Waals surface area contributed by atoms with Crippen molar-refractivity contribution >= 4 is 23.0 Å². The van der Waals surface area contributed by atoms with Crippen LogP contribution in [0.1, 0.15) is 95.6 Å². The Bertz CT molecular complexity index is 1510. The maximum atomic E-state index is 11.8. The van der Waals surface area contributed by atoms with Crippen molar-refractivity contribution in [3.63, 3.8) is 0 Å². The number of nitrogens with zero attached hydrogens (tertiary/aromatic N) is 1. The van der Waals surface area contributed by atoms with E-state index < -0.39 is 5.97 Å². The third kappa shape index (κ3) is 8.49. The number of carboxylic acid groups (broad SMARTS) is 1. The number of ether oxygens (including phenoxy) is 1. The minimum Gasteiger partial charge on any atom is -0.493 e. The van der Waals surface area contributed by atoms with Crippen LogP contribution in [-0.4, -0.2) is 42.6 Å². The summed E-state index contributed by atoms with van der Waals surface area (Å²) >= 11 is 0. The van der Waals surface area contributed by atoms with Crippen molar-refractivity contribution in [1.29, 1.82) is 0 Å². The van der Waals surface area contributed by atoms with Crippen LogP contribution in [0.5, 0.6) is 5.75 Å². The molecular formula is C39H47NO4. The molecule has 5 nitrogen and oxygen atoms in total. The number of allylic oxidation sites excluding steroid dienone is 2. The van der Waals surface area contributed by atoms with Crippen molar-refractivity contribution in [2.75, 3.05) is 20.7 Å². The number of aryl methyl sites for hydroxylation is 3. The standard InChI is InChI=1S/C39H47NO4/c1-6-11-29(12-8-7-9-15-37(41)40(4)5)26-44-33-20-17-30(18-21-33)38-35-23-19-32(39(42)43)25-31(35)13-10-14-36(38)34-22-16-27(2)24-28(34)3/h9,15-25,29H,6-8,10-14,26H2,1-5H3,(H,42,43)/b15-9+/t29-/m0/s1. The smallest absolute Gasteiger partial charge is 0.335 e. The van der Waals surface area contributed by atoms with Crippen molar-refractivity contribution in [2.45, 2.75) is 72.1 Å². The van der Waals surface area contributed by atoms with Crippen LogP contribution in [0, 0.1) is 19.8 Å². The maximum Gasteiger partial charge on any atom is 0.335 e. The molecule has 1 atom stereocenters. The number of unbranched alkanes of at least 4 members (excludes halogenated alkanes) is 1. The summed E-state index contributed by atoms with van der Waals surface area (Å²) in [6.45, 7) is 7.18. The molecule has 0 aromatic heterocycles. The highest BCUT2D eigenvalue weighted by atomic mass is 16.5. The quantitative estimate of drug-likeness (QED) is 0.159. The molecular weight excluding hydrogens is 546 g/mol. The lowest BCUT2D eigenvalue weighted by molar-refractivity contribution is -0.123. The summed E-state index contributed by atoms with van der Waals surface area (Å²) in [6.07, 6.45) is 11.6.